The number of nitrogens with zero attached hydrogens (tertiary/aromatic N) is 2. The molecule has 1 fully saturated rings. The predicted octanol–water partition coefficient (Wildman–Crippen LogP) is 3.58. The van der Waals surface area contributed by atoms with Gasteiger partial charge in [-0.15, -0.1) is 23.5 Å². The third-order valence-corrected chi connectivity index (χ3v) is 8.37. The van der Waals surface area contributed by atoms with E-state index in [0.29, 0.717) is 10.2 Å². The molecule has 1 unspecified atom stereocenters. The number of esters is 1. The molecule has 0 saturated carbocycles. The lowest BCUT2D eigenvalue weighted by atomic mass is 10.0. The Morgan fingerprint density at radius 2 is 1.79 bits per heavy atom. The van der Waals surface area contributed by atoms with E-state index in [4.69, 9.17) is 10.00 Å². The first kappa shape index (κ1) is 24.4. The average Bonchev–Trinajstić information content (AvgIpc) is 2.86. The van der Waals surface area contributed by atoms with Crippen LogP contribution >= 0.6 is 39.5 Å². The monoisotopic (exact) mass is 557 g/mol. The van der Waals surface area contributed by atoms with Crippen molar-refractivity contribution in [3.8, 4) is 6.07 Å². The molecule has 2 heterocycles. The highest BCUT2D eigenvalue weighted by Gasteiger charge is 2.54. The molecule has 2 aliphatic rings. The lowest BCUT2D eigenvalue weighted by Crippen LogP contribution is -2.70. The number of fused-ring (bicyclic) bond motifs is 1. The summed E-state index contributed by atoms with van der Waals surface area (Å²) in [5.74, 6) is -0.529. The van der Waals surface area contributed by atoms with E-state index in [2.05, 4.69) is 21.2 Å². The Morgan fingerprint density at radius 3 is 2.38 bits per heavy atom. The van der Waals surface area contributed by atoms with E-state index in [1.807, 2.05) is 66.7 Å². The van der Waals surface area contributed by atoms with Crippen LogP contribution in [-0.2, 0) is 19.1 Å². The number of hydrogen-bond donors (Lipinski definition) is 1. The molecule has 0 aliphatic carbocycles. The van der Waals surface area contributed by atoms with Gasteiger partial charge in [0, 0.05) is 10.2 Å². The largest absolute Gasteiger partial charge is 0.448 e. The fraction of sp³-hybridized carbons (Fsp3) is 0.250. The summed E-state index contributed by atoms with van der Waals surface area (Å²) in [4.78, 5) is 39.8. The standard InChI is InChI=1S/C24H20BrN3O4S2/c25-17-13-34-23-19(27-18(29)14-33-12-11-26)22(30)28(23)20(17)24(31)32-21(15-7-3-1-4-8-15)16-9-5-2-6-10-16/h1-10,19,21,23H,12-14H2,(H,27,29)/t19?,23-/m1/s1. The van der Waals surface area contributed by atoms with Crippen LogP contribution in [0.3, 0.4) is 0 Å². The van der Waals surface area contributed by atoms with E-state index in [9.17, 15) is 14.4 Å². The van der Waals surface area contributed by atoms with Crippen molar-refractivity contribution >= 4 is 57.2 Å². The zero-order valence-electron chi connectivity index (χ0n) is 17.8. The van der Waals surface area contributed by atoms with E-state index in [0.717, 1.165) is 11.1 Å². The number of carbonyl (C=O) groups is 3. The number of halogens is 1. The molecule has 174 valence electrons. The third kappa shape index (κ3) is 5.17. The Morgan fingerprint density at radius 1 is 1.18 bits per heavy atom. The maximum absolute atomic E-state index is 13.4. The van der Waals surface area contributed by atoms with Crippen molar-refractivity contribution in [2.45, 2.75) is 17.5 Å². The number of benzene rings is 2. The van der Waals surface area contributed by atoms with Gasteiger partial charge in [0.2, 0.25) is 5.91 Å². The van der Waals surface area contributed by atoms with Gasteiger partial charge in [0.1, 0.15) is 17.1 Å². The Bertz CT molecular complexity index is 1110. The van der Waals surface area contributed by atoms with Gasteiger partial charge in [0.25, 0.3) is 5.91 Å². The fourth-order valence-corrected chi connectivity index (χ4v) is 6.12. The highest BCUT2D eigenvalue weighted by Crippen LogP contribution is 2.43. The first-order chi connectivity index (χ1) is 16.5. The van der Waals surface area contributed by atoms with Crippen molar-refractivity contribution < 1.29 is 19.1 Å². The van der Waals surface area contributed by atoms with Crippen molar-refractivity contribution in [2.24, 2.45) is 0 Å². The molecule has 0 aromatic heterocycles. The Balaban J connectivity index is 1.51. The van der Waals surface area contributed by atoms with Gasteiger partial charge in [-0.25, -0.2) is 4.79 Å². The number of nitriles is 1. The number of ether oxygens (including phenoxy) is 1. The molecule has 34 heavy (non-hydrogen) atoms. The van der Waals surface area contributed by atoms with Gasteiger partial charge in [-0.1, -0.05) is 76.6 Å². The van der Waals surface area contributed by atoms with Crippen LogP contribution in [-0.4, -0.2) is 51.4 Å². The van der Waals surface area contributed by atoms with Crippen LogP contribution in [0.15, 0.2) is 70.8 Å². The maximum Gasteiger partial charge on any atom is 0.356 e. The number of amides is 2. The second-order valence-corrected chi connectivity index (χ2v) is 10.5. The molecule has 0 spiro atoms. The Kier molecular flexibility index (Phi) is 7.98. The molecule has 2 atom stereocenters. The minimum absolute atomic E-state index is 0.0962. The zero-order valence-corrected chi connectivity index (χ0v) is 21.1. The van der Waals surface area contributed by atoms with Crippen molar-refractivity contribution in [1.82, 2.24) is 10.2 Å². The van der Waals surface area contributed by atoms with Gasteiger partial charge in [0.15, 0.2) is 6.10 Å². The molecule has 1 saturated heterocycles. The zero-order chi connectivity index (χ0) is 24.1. The van der Waals surface area contributed by atoms with Crippen molar-refractivity contribution in [2.75, 3.05) is 17.3 Å². The maximum atomic E-state index is 13.4. The number of hydrogen-bond acceptors (Lipinski definition) is 7. The minimum atomic E-state index is -0.720. The molecule has 10 heteroatoms. The summed E-state index contributed by atoms with van der Waals surface area (Å²) in [7, 11) is 0. The second-order valence-electron chi connectivity index (χ2n) is 7.47. The van der Waals surface area contributed by atoms with E-state index < -0.39 is 23.5 Å². The number of carbonyl (C=O) groups excluding carboxylic acids is 3. The van der Waals surface area contributed by atoms with Gasteiger partial charge in [-0.3, -0.25) is 14.5 Å². The number of rotatable bonds is 8. The van der Waals surface area contributed by atoms with Gasteiger partial charge in [0.05, 0.1) is 17.6 Å². The van der Waals surface area contributed by atoms with Crippen LogP contribution in [0.25, 0.3) is 0 Å². The molecule has 2 amide bonds. The van der Waals surface area contributed by atoms with Gasteiger partial charge < -0.3 is 10.1 Å². The molecule has 1 N–H and O–H groups in total. The van der Waals surface area contributed by atoms with Crippen LogP contribution < -0.4 is 5.32 Å². The van der Waals surface area contributed by atoms with E-state index in [1.165, 1.54) is 28.4 Å². The first-order valence-electron chi connectivity index (χ1n) is 10.4. The van der Waals surface area contributed by atoms with Crippen molar-refractivity contribution in [3.05, 3.63) is 82.0 Å². The van der Waals surface area contributed by atoms with Crippen molar-refractivity contribution in [1.29, 1.82) is 5.26 Å². The SMILES string of the molecule is N#CCSCC(=O)NC1C(=O)N2C(C(=O)OC(c3ccccc3)c3ccccc3)=C(Br)CS[C@H]12. The molecule has 7 nitrogen and oxygen atoms in total. The van der Waals surface area contributed by atoms with Crippen molar-refractivity contribution in [3.63, 3.8) is 0 Å². The Labute approximate surface area is 214 Å². The number of nitrogens with one attached hydrogen (secondary N) is 1. The topological polar surface area (TPSA) is 99.5 Å². The van der Waals surface area contributed by atoms with Crippen LogP contribution in [0.2, 0.25) is 0 Å². The second kappa shape index (κ2) is 11.1. The lowest BCUT2D eigenvalue weighted by molar-refractivity contribution is -0.154. The summed E-state index contributed by atoms with van der Waals surface area (Å²) >= 11 is 6.08. The highest BCUT2D eigenvalue weighted by molar-refractivity contribution is 9.11. The quantitative estimate of drug-likeness (QED) is 0.301. The molecule has 2 aromatic carbocycles. The summed E-state index contributed by atoms with van der Waals surface area (Å²) in [5, 5.41) is 10.9. The van der Waals surface area contributed by atoms with E-state index >= 15 is 0 Å². The normalized spacial score (nSPS) is 19.2. The summed E-state index contributed by atoms with van der Waals surface area (Å²) < 4.78 is 6.53. The highest BCUT2D eigenvalue weighted by atomic mass is 79.9. The average molecular weight is 558 g/mol. The number of β-lactam (4-membered cyclic amide) rings is 1. The van der Waals surface area contributed by atoms with Gasteiger partial charge in [-0.05, 0) is 11.1 Å². The minimum Gasteiger partial charge on any atom is -0.448 e. The fourth-order valence-electron chi connectivity index (χ4n) is 3.72. The van der Waals surface area contributed by atoms with Crippen LogP contribution in [0.4, 0.5) is 0 Å². The smallest absolute Gasteiger partial charge is 0.356 e. The van der Waals surface area contributed by atoms with Crippen LogP contribution in [0, 0.1) is 11.3 Å². The molecular weight excluding hydrogens is 538 g/mol. The molecular formula is C24H20BrN3O4S2. The molecule has 2 aromatic rings. The van der Waals surface area contributed by atoms with Gasteiger partial charge >= 0.3 is 5.97 Å². The molecule has 2 aliphatic heterocycles. The molecule has 0 radical (unpaired) electrons. The summed E-state index contributed by atoms with van der Waals surface area (Å²) in [6.07, 6.45) is -0.639. The van der Waals surface area contributed by atoms with Gasteiger partial charge in [-0.2, -0.15) is 5.26 Å². The van der Waals surface area contributed by atoms with Crippen LogP contribution in [0.5, 0.6) is 0 Å². The molecule has 4 rings (SSSR count). The lowest BCUT2D eigenvalue weighted by Gasteiger charge is -2.49. The Hall–Kier alpha value is -2.74. The van der Waals surface area contributed by atoms with Crippen LogP contribution in [0.1, 0.15) is 17.2 Å². The third-order valence-electron chi connectivity index (χ3n) is 5.26. The summed E-state index contributed by atoms with van der Waals surface area (Å²) in [6, 6.07) is 20.1. The van der Waals surface area contributed by atoms with E-state index in [-0.39, 0.29) is 29.0 Å². The molecule has 0 bridgehead atoms. The summed E-state index contributed by atoms with van der Waals surface area (Å²) in [5.41, 5.74) is 1.79. The summed E-state index contributed by atoms with van der Waals surface area (Å²) in [6.45, 7) is 0. The first-order valence-corrected chi connectivity index (χ1v) is 13.4. The number of thioether (sulfide) groups is 2. The van der Waals surface area contributed by atoms with E-state index in [1.54, 1.807) is 0 Å². The predicted molar refractivity (Wildman–Crippen MR) is 135 cm³/mol.